The largest absolute Gasteiger partial charge is 0.344 e. The SMILES string of the molecule is CCCn1cccc1C(=O)Nc1ccc(F)cc1I. The minimum absolute atomic E-state index is 0.178. The molecular weight excluding hydrogens is 358 g/mol. The van der Waals surface area contributed by atoms with Crippen LogP contribution in [0.4, 0.5) is 10.1 Å². The molecule has 19 heavy (non-hydrogen) atoms. The summed E-state index contributed by atoms with van der Waals surface area (Å²) in [6.45, 7) is 2.86. The number of carbonyl (C=O) groups is 1. The number of hydrogen-bond acceptors (Lipinski definition) is 1. The molecule has 0 fully saturated rings. The third-order valence-corrected chi connectivity index (χ3v) is 3.60. The number of aromatic nitrogens is 1. The average Bonchev–Trinajstić information content (AvgIpc) is 2.81. The highest BCUT2D eigenvalue weighted by Crippen LogP contribution is 2.20. The zero-order valence-electron chi connectivity index (χ0n) is 10.5. The van der Waals surface area contributed by atoms with Crippen molar-refractivity contribution >= 4 is 34.2 Å². The molecular formula is C14H14FIN2O. The second-order valence-electron chi connectivity index (χ2n) is 4.17. The molecule has 0 unspecified atom stereocenters. The Bertz CT molecular complexity index is 595. The highest BCUT2D eigenvalue weighted by molar-refractivity contribution is 14.1. The van der Waals surface area contributed by atoms with Gasteiger partial charge in [0, 0.05) is 16.3 Å². The van der Waals surface area contributed by atoms with E-state index in [1.165, 1.54) is 12.1 Å². The van der Waals surface area contributed by atoms with Crippen molar-refractivity contribution in [1.29, 1.82) is 0 Å². The number of anilines is 1. The smallest absolute Gasteiger partial charge is 0.272 e. The molecule has 2 aromatic rings. The van der Waals surface area contributed by atoms with E-state index in [0.717, 1.165) is 13.0 Å². The molecule has 0 saturated carbocycles. The molecule has 0 spiro atoms. The zero-order chi connectivity index (χ0) is 13.8. The lowest BCUT2D eigenvalue weighted by Crippen LogP contribution is -2.17. The van der Waals surface area contributed by atoms with Gasteiger partial charge in [-0.05, 0) is 59.3 Å². The van der Waals surface area contributed by atoms with E-state index >= 15 is 0 Å². The molecule has 0 saturated heterocycles. The first-order valence-corrected chi connectivity index (χ1v) is 7.11. The summed E-state index contributed by atoms with van der Waals surface area (Å²) in [5.41, 5.74) is 1.23. The van der Waals surface area contributed by atoms with Crippen LogP contribution in [0.5, 0.6) is 0 Å². The first-order valence-electron chi connectivity index (χ1n) is 6.03. The van der Waals surface area contributed by atoms with Crippen molar-refractivity contribution in [3.63, 3.8) is 0 Å². The maximum atomic E-state index is 13.0. The molecule has 0 aliphatic heterocycles. The Morgan fingerprint density at radius 3 is 2.89 bits per heavy atom. The van der Waals surface area contributed by atoms with Gasteiger partial charge < -0.3 is 9.88 Å². The molecule has 0 radical (unpaired) electrons. The highest BCUT2D eigenvalue weighted by atomic mass is 127. The molecule has 0 atom stereocenters. The van der Waals surface area contributed by atoms with Gasteiger partial charge in [0.05, 0.1) is 5.69 Å². The van der Waals surface area contributed by atoms with Crippen LogP contribution in [0.1, 0.15) is 23.8 Å². The Balaban J connectivity index is 2.18. The summed E-state index contributed by atoms with van der Waals surface area (Å²) in [5, 5.41) is 2.80. The van der Waals surface area contributed by atoms with Crippen LogP contribution in [0.3, 0.4) is 0 Å². The average molecular weight is 372 g/mol. The number of aryl methyl sites for hydroxylation is 1. The van der Waals surface area contributed by atoms with E-state index in [1.54, 1.807) is 12.1 Å². The van der Waals surface area contributed by atoms with Crippen LogP contribution in [0.25, 0.3) is 0 Å². The van der Waals surface area contributed by atoms with E-state index in [2.05, 4.69) is 12.2 Å². The van der Waals surface area contributed by atoms with Crippen molar-refractivity contribution in [2.45, 2.75) is 19.9 Å². The minimum Gasteiger partial charge on any atom is -0.344 e. The quantitative estimate of drug-likeness (QED) is 0.812. The maximum Gasteiger partial charge on any atom is 0.272 e. The van der Waals surface area contributed by atoms with Gasteiger partial charge in [-0.15, -0.1) is 0 Å². The predicted molar refractivity (Wildman–Crippen MR) is 81.8 cm³/mol. The van der Waals surface area contributed by atoms with Crippen LogP contribution >= 0.6 is 22.6 Å². The third-order valence-electron chi connectivity index (χ3n) is 2.71. The topological polar surface area (TPSA) is 34.0 Å². The number of carbonyl (C=O) groups excluding carboxylic acids is 1. The van der Waals surface area contributed by atoms with E-state index in [-0.39, 0.29) is 11.7 Å². The molecule has 1 heterocycles. The lowest BCUT2D eigenvalue weighted by molar-refractivity contribution is 0.101. The van der Waals surface area contributed by atoms with Crippen LogP contribution in [0.15, 0.2) is 36.5 Å². The lowest BCUT2D eigenvalue weighted by Gasteiger charge is -2.10. The Morgan fingerprint density at radius 1 is 1.42 bits per heavy atom. The number of rotatable bonds is 4. The minimum atomic E-state index is -0.309. The predicted octanol–water partition coefficient (Wildman–Crippen LogP) is 3.89. The monoisotopic (exact) mass is 372 g/mol. The van der Waals surface area contributed by atoms with Gasteiger partial charge in [-0.3, -0.25) is 4.79 Å². The van der Waals surface area contributed by atoms with Gasteiger partial charge in [0.1, 0.15) is 11.5 Å². The molecule has 1 amide bonds. The molecule has 1 aromatic heterocycles. The van der Waals surface area contributed by atoms with Crippen molar-refractivity contribution in [3.05, 3.63) is 51.6 Å². The van der Waals surface area contributed by atoms with E-state index < -0.39 is 0 Å². The van der Waals surface area contributed by atoms with Gasteiger partial charge in [-0.2, -0.15) is 0 Å². The summed E-state index contributed by atoms with van der Waals surface area (Å²) in [6.07, 6.45) is 2.84. The van der Waals surface area contributed by atoms with E-state index in [1.807, 2.05) is 39.4 Å². The van der Waals surface area contributed by atoms with Crippen LogP contribution in [-0.2, 0) is 6.54 Å². The number of nitrogens with one attached hydrogen (secondary N) is 1. The first-order chi connectivity index (χ1) is 9.11. The fourth-order valence-electron chi connectivity index (χ4n) is 1.83. The molecule has 100 valence electrons. The summed E-state index contributed by atoms with van der Waals surface area (Å²) in [6, 6.07) is 7.92. The van der Waals surface area contributed by atoms with Crippen LogP contribution < -0.4 is 5.32 Å². The second kappa shape index (κ2) is 6.18. The Morgan fingerprint density at radius 2 is 2.21 bits per heavy atom. The van der Waals surface area contributed by atoms with Gasteiger partial charge in [0.25, 0.3) is 5.91 Å². The molecule has 0 aliphatic carbocycles. The Hall–Kier alpha value is -1.37. The van der Waals surface area contributed by atoms with Crippen molar-refractivity contribution in [2.24, 2.45) is 0 Å². The fraction of sp³-hybridized carbons (Fsp3) is 0.214. The summed E-state index contributed by atoms with van der Waals surface area (Å²) >= 11 is 2.00. The van der Waals surface area contributed by atoms with Gasteiger partial charge in [0.15, 0.2) is 0 Å². The van der Waals surface area contributed by atoms with Crippen LogP contribution in [0.2, 0.25) is 0 Å². The summed E-state index contributed by atoms with van der Waals surface area (Å²) in [5.74, 6) is -0.486. The fourth-order valence-corrected chi connectivity index (χ4v) is 2.45. The summed E-state index contributed by atoms with van der Waals surface area (Å²) in [7, 11) is 0. The van der Waals surface area contributed by atoms with Gasteiger partial charge >= 0.3 is 0 Å². The van der Waals surface area contributed by atoms with Crippen molar-refractivity contribution in [1.82, 2.24) is 4.57 Å². The molecule has 2 rings (SSSR count). The molecule has 0 bridgehead atoms. The third kappa shape index (κ3) is 3.34. The molecule has 0 aliphatic rings. The molecule has 3 nitrogen and oxygen atoms in total. The van der Waals surface area contributed by atoms with Gasteiger partial charge in [-0.25, -0.2) is 4.39 Å². The van der Waals surface area contributed by atoms with Crippen LogP contribution in [0, 0.1) is 9.39 Å². The number of hydrogen-bond donors (Lipinski definition) is 1. The summed E-state index contributed by atoms with van der Waals surface area (Å²) < 4.78 is 15.6. The Kier molecular flexibility index (Phi) is 4.57. The number of nitrogens with zero attached hydrogens (tertiary/aromatic N) is 1. The first kappa shape index (κ1) is 14.0. The second-order valence-corrected chi connectivity index (χ2v) is 5.33. The molecule has 1 aromatic carbocycles. The number of halogens is 2. The van der Waals surface area contributed by atoms with Gasteiger partial charge in [-0.1, -0.05) is 6.92 Å². The van der Waals surface area contributed by atoms with Crippen molar-refractivity contribution < 1.29 is 9.18 Å². The zero-order valence-corrected chi connectivity index (χ0v) is 12.6. The lowest BCUT2D eigenvalue weighted by atomic mass is 10.3. The number of benzene rings is 1. The summed E-state index contributed by atoms with van der Waals surface area (Å²) in [4.78, 5) is 12.2. The maximum absolute atomic E-state index is 13.0. The van der Waals surface area contributed by atoms with E-state index in [0.29, 0.717) is 15.0 Å². The highest BCUT2D eigenvalue weighted by Gasteiger charge is 2.12. The molecule has 1 N–H and O–H groups in total. The van der Waals surface area contributed by atoms with E-state index in [4.69, 9.17) is 0 Å². The normalized spacial score (nSPS) is 10.5. The Labute approximate surface area is 125 Å². The standard InChI is InChI=1S/C14H14FIN2O/c1-2-7-18-8-3-4-13(18)14(19)17-12-6-5-10(15)9-11(12)16/h3-6,8-9H,2,7H2,1H3,(H,17,19). The number of amides is 1. The van der Waals surface area contributed by atoms with Crippen molar-refractivity contribution in [3.8, 4) is 0 Å². The van der Waals surface area contributed by atoms with E-state index in [9.17, 15) is 9.18 Å². The molecule has 5 heteroatoms. The van der Waals surface area contributed by atoms with Crippen LogP contribution in [-0.4, -0.2) is 10.5 Å². The van der Waals surface area contributed by atoms with Crippen molar-refractivity contribution in [2.75, 3.05) is 5.32 Å². The van der Waals surface area contributed by atoms with Gasteiger partial charge in [0.2, 0.25) is 0 Å².